The van der Waals surface area contributed by atoms with Crippen LogP contribution in [0.25, 0.3) is 6.08 Å². The summed E-state index contributed by atoms with van der Waals surface area (Å²) < 4.78 is 5.38. The molecular weight excluding hydrogens is 302 g/mol. The fourth-order valence-electron chi connectivity index (χ4n) is 2.51. The lowest BCUT2D eigenvalue weighted by Crippen LogP contribution is -2.24. The van der Waals surface area contributed by atoms with Crippen molar-refractivity contribution in [2.24, 2.45) is 5.92 Å². The molecule has 0 spiro atoms. The molecule has 4 heteroatoms. The molecule has 1 aromatic rings. The van der Waals surface area contributed by atoms with E-state index in [1.54, 1.807) is 6.20 Å². The Morgan fingerprint density at radius 1 is 1.33 bits per heavy atom. The van der Waals surface area contributed by atoms with E-state index < -0.39 is 5.60 Å². The summed E-state index contributed by atoms with van der Waals surface area (Å²) in [5.74, 6) is 0.294. The molecule has 0 aliphatic heterocycles. The molecule has 1 rings (SSSR count). The summed E-state index contributed by atoms with van der Waals surface area (Å²) in [6.45, 7) is 5.89. The number of pyridine rings is 1. The maximum atomic E-state index is 11.9. The van der Waals surface area contributed by atoms with Crippen LogP contribution >= 0.6 is 0 Å². The number of aliphatic hydroxyl groups is 1. The van der Waals surface area contributed by atoms with Crippen molar-refractivity contribution in [3.8, 4) is 0 Å². The molecule has 0 saturated heterocycles. The van der Waals surface area contributed by atoms with Gasteiger partial charge in [-0.25, -0.2) is 0 Å². The number of carbonyl (C=O) groups is 1. The third kappa shape index (κ3) is 10.2. The van der Waals surface area contributed by atoms with Gasteiger partial charge in [-0.1, -0.05) is 31.1 Å². The molecule has 1 unspecified atom stereocenters. The Labute approximate surface area is 146 Å². The van der Waals surface area contributed by atoms with Gasteiger partial charge in [0.25, 0.3) is 0 Å². The Bertz CT molecular complexity index is 491. The Morgan fingerprint density at radius 2 is 2.12 bits per heavy atom. The highest BCUT2D eigenvalue weighted by Crippen LogP contribution is 2.21. The molecule has 0 aliphatic rings. The smallest absolute Gasteiger partial charge is 0.306 e. The second kappa shape index (κ2) is 11.0. The van der Waals surface area contributed by atoms with E-state index in [0.29, 0.717) is 12.3 Å². The van der Waals surface area contributed by atoms with Crippen molar-refractivity contribution in [2.75, 3.05) is 6.61 Å². The molecule has 0 radical (unpaired) electrons. The van der Waals surface area contributed by atoms with E-state index in [1.807, 2.05) is 39.1 Å². The minimum absolute atomic E-state index is 0.133. The lowest BCUT2D eigenvalue weighted by molar-refractivity contribution is -0.155. The van der Waals surface area contributed by atoms with Crippen molar-refractivity contribution in [2.45, 2.75) is 64.9 Å². The summed E-state index contributed by atoms with van der Waals surface area (Å²) in [6, 6.07) is 3.94. The first-order valence-electron chi connectivity index (χ1n) is 8.80. The fourth-order valence-corrected chi connectivity index (χ4v) is 2.51. The van der Waals surface area contributed by atoms with Gasteiger partial charge in [0.1, 0.15) is 5.60 Å². The number of rotatable bonds is 10. The van der Waals surface area contributed by atoms with Gasteiger partial charge < -0.3 is 9.84 Å². The number of esters is 1. The second-order valence-electron chi connectivity index (χ2n) is 7.13. The normalized spacial score (nSPS) is 13.2. The van der Waals surface area contributed by atoms with Crippen molar-refractivity contribution < 1.29 is 14.6 Å². The molecule has 1 atom stereocenters. The lowest BCUT2D eigenvalue weighted by atomic mass is 9.93. The van der Waals surface area contributed by atoms with Gasteiger partial charge in [0.15, 0.2) is 0 Å². The fraction of sp³-hybridized carbons (Fsp3) is 0.600. The molecule has 134 valence electrons. The highest BCUT2D eigenvalue weighted by Gasteiger charge is 2.17. The Balaban J connectivity index is 2.47. The number of hydrogen-bond donors (Lipinski definition) is 1. The zero-order valence-electron chi connectivity index (χ0n) is 15.2. The monoisotopic (exact) mass is 333 g/mol. The maximum absolute atomic E-state index is 11.9. The van der Waals surface area contributed by atoms with Crippen molar-refractivity contribution in [3.05, 3.63) is 36.2 Å². The molecule has 0 aromatic carbocycles. The van der Waals surface area contributed by atoms with Gasteiger partial charge in [-0.15, -0.1) is 0 Å². The van der Waals surface area contributed by atoms with Gasteiger partial charge in [-0.05, 0) is 57.6 Å². The van der Waals surface area contributed by atoms with Gasteiger partial charge in [-0.3, -0.25) is 9.78 Å². The first-order valence-corrected chi connectivity index (χ1v) is 8.80. The summed E-state index contributed by atoms with van der Waals surface area (Å²) in [6.07, 6.45) is 12.8. The predicted molar refractivity (Wildman–Crippen MR) is 97.4 cm³/mol. The third-order valence-electron chi connectivity index (χ3n) is 3.66. The minimum atomic E-state index is -0.427. The van der Waals surface area contributed by atoms with E-state index >= 15 is 0 Å². The molecule has 0 aliphatic carbocycles. The lowest BCUT2D eigenvalue weighted by Gasteiger charge is -2.20. The SMILES string of the molecule is CC(C)(C)OC(=O)CCC(C/C=C/c1cccnc1)CCCCO. The first-order chi connectivity index (χ1) is 11.4. The predicted octanol–water partition coefficient (Wildman–Crippen LogP) is 4.39. The summed E-state index contributed by atoms with van der Waals surface area (Å²) >= 11 is 0. The van der Waals surface area contributed by atoms with Crippen LogP contribution in [0.15, 0.2) is 30.6 Å². The summed E-state index contributed by atoms with van der Waals surface area (Å²) in [5.41, 5.74) is 0.655. The Kier molecular flexibility index (Phi) is 9.31. The van der Waals surface area contributed by atoms with E-state index in [1.165, 1.54) is 0 Å². The first kappa shape index (κ1) is 20.4. The summed E-state index contributed by atoms with van der Waals surface area (Å²) in [7, 11) is 0. The molecule has 0 saturated carbocycles. The molecule has 24 heavy (non-hydrogen) atoms. The van der Waals surface area contributed by atoms with E-state index in [0.717, 1.165) is 37.7 Å². The molecular formula is C20H31NO3. The number of unbranched alkanes of at least 4 members (excludes halogenated alkanes) is 1. The zero-order valence-corrected chi connectivity index (χ0v) is 15.2. The molecule has 0 amide bonds. The number of allylic oxidation sites excluding steroid dienone is 1. The van der Waals surface area contributed by atoms with Crippen LogP contribution in [0.4, 0.5) is 0 Å². The molecule has 1 heterocycles. The highest BCUT2D eigenvalue weighted by atomic mass is 16.6. The van der Waals surface area contributed by atoms with Crippen LogP contribution in [-0.2, 0) is 9.53 Å². The third-order valence-corrected chi connectivity index (χ3v) is 3.66. The van der Waals surface area contributed by atoms with Gasteiger partial charge >= 0.3 is 5.97 Å². The summed E-state index contributed by atoms with van der Waals surface area (Å²) in [4.78, 5) is 16.0. The van der Waals surface area contributed by atoms with E-state index in [-0.39, 0.29) is 12.6 Å². The number of hydrogen-bond acceptors (Lipinski definition) is 4. The van der Waals surface area contributed by atoms with Crippen LogP contribution in [0, 0.1) is 5.92 Å². The number of aromatic nitrogens is 1. The molecule has 1 N–H and O–H groups in total. The Morgan fingerprint density at radius 3 is 2.75 bits per heavy atom. The largest absolute Gasteiger partial charge is 0.460 e. The number of aliphatic hydroxyl groups excluding tert-OH is 1. The van der Waals surface area contributed by atoms with Crippen LogP contribution in [0.3, 0.4) is 0 Å². The standard InChI is InChI=1S/C20H31NO3/c1-20(2,3)24-19(23)13-12-17(8-4-5-15-22)9-6-10-18-11-7-14-21-16-18/h6-7,10-11,14,16-17,22H,4-5,8-9,12-13,15H2,1-3H3/b10-6+. The topological polar surface area (TPSA) is 59.4 Å². The van der Waals surface area contributed by atoms with Crippen LogP contribution in [0.1, 0.15) is 64.9 Å². The maximum Gasteiger partial charge on any atom is 0.306 e. The quantitative estimate of drug-likeness (QED) is 0.510. The van der Waals surface area contributed by atoms with Crippen molar-refractivity contribution in [3.63, 3.8) is 0 Å². The van der Waals surface area contributed by atoms with Crippen molar-refractivity contribution in [1.82, 2.24) is 4.98 Å². The number of nitrogens with zero attached hydrogens (tertiary/aromatic N) is 1. The summed E-state index contributed by atoms with van der Waals surface area (Å²) in [5, 5.41) is 8.95. The van der Waals surface area contributed by atoms with Crippen LogP contribution in [0.5, 0.6) is 0 Å². The zero-order chi connectivity index (χ0) is 17.8. The van der Waals surface area contributed by atoms with E-state index in [2.05, 4.69) is 17.1 Å². The average molecular weight is 333 g/mol. The van der Waals surface area contributed by atoms with Crippen LogP contribution < -0.4 is 0 Å². The molecule has 0 fully saturated rings. The molecule has 0 bridgehead atoms. The van der Waals surface area contributed by atoms with Crippen LogP contribution in [0.2, 0.25) is 0 Å². The van der Waals surface area contributed by atoms with E-state index in [4.69, 9.17) is 9.84 Å². The second-order valence-corrected chi connectivity index (χ2v) is 7.13. The Hall–Kier alpha value is -1.68. The van der Waals surface area contributed by atoms with Gasteiger partial charge in [0.2, 0.25) is 0 Å². The highest BCUT2D eigenvalue weighted by molar-refractivity contribution is 5.69. The molecule has 1 aromatic heterocycles. The number of ether oxygens (including phenoxy) is 1. The van der Waals surface area contributed by atoms with E-state index in [9.17, 15) is 4.79 Å². The van der Waals surface area contributed by atoms with Crippen molar-refractivity contribution in [1.29, 1.82) is 0 Å². The molecule has 4 nitrogen and oxygen atoms in total. The minimum Gasteiger partial charge on any atom is -0.460 e. The van der Waals surface area contributed by atoms with Gasteiger partial charge in [-0.2, -0.15) is 0 Å². The van der Waals surface area contributed by atoms with Crippen LogP contribution in [-0.4, -0.2) is 28.3 Å². The average Bonchev–Trinajstić information content (AvgIpc) is 2.51. The van der Waals surface area contributed by atoms with Gasteiger partial charge in [0, 0.05) is 25.4 Å². The van der Waals surface area contributed by atoms with Gasteiger partial charge in [0.05, 0.1) is 0 Å². The number of carbonyl (C=O) groups excluding carboxylic acids is 1. The van der Waals surface area contributed by atoms with Crippen molar-refractivity contribution >= 4 is 12.0 Å².